The summed E-state index contributed by atoms with van der Waals surface area (Å²) in [5.41, 5.74) is 1.20. The van der Waals surface area contributed by atoms with Gasteiger partial charge in [0.2, 0.25) is 0 Å². The van der Waals surface area contributed by atoms with Crippen molar-refractivity contribution in [3.8, 4) is 5.69 Å². The van der Waals surface area contributed by atoms with Crippen LogP contribution in [0.4, 0.5) is 0 Å². The van der Waals surface area contributed by atoms with E-state index in [1.807, 2.05) is 65.8 Å². The molecular weight excluding hydrogens is 275 g/mol. The van der Waals surface area contributed by atoms with Gasteiger partial charge in [0.1, 0.15) is 5.69 Å². The number of nitrogens with one attached hydrogen (secondary N) is 1. The Kier molecular flexibility index (Phi) is 8.16. The van der Waals surface area contributed by atoms with Crippen molar-refractivity contribution in [2.45, 2.75) is 0 Å². The van der Waals surface area contributed by atoms with Gasteiger partial charge in [-0.25, -0.2) is 12.1 Å². The molecule has 0 fully saturated rings. The molecule has 0 bridgehead atoms. The van der Waals surface area contributed by atoms with Crippen LogP contribution in [0.5, 0.6) is 0 Å². The van der Waals surface area contributed by atoms with Crippen LogP contribution in [-0.2, 0) is 17.1 Å². The van der Waals surface area contributed by atoms with Gasteiger partial charge in [-0.1, -0.05) is 12.1 Å². The Hall–Kier alpha value is -1.28. The fourth-order valence-corrected chi connectivity index (χ4v) is 1.31. The summed E-state index contributed by atoms with van der Waals surface area (Å²) < 4.78 is 2.03. The largest absolute Gasteiger partial charge is 2.00 e. The normalized spacial score (nSPS) is 8.24. The summed E-state index contributed by atoms with van der Waals surface area (Å²) in [5, 5.41) is 0. The van der Waals surface area contributed by atoms with Gasteiger partial charge in [-0.3, -0.25) is 4.57 Å². The number of hydrogen-bond donors (Lipinski definition) is 0. The number of aromatic amines is 1. The average Bonchev–Trinajstić information content (AvgIpc) is 3.06. The SMILES string of the molecule is [Cl-].[Fe+2].c1cc[c-](-[n+]2c[cH-][nH+]c2)c1.c1cc[cH-]c1. The molecule has 0 spiro atoms. The second-order valence-corrected chi connectivity index (χ2v) is 3.12. The van der Waals surface area contributed by atoms with E-state index >= 15 is 0 Å². The molecule has 1 aromatic heterocycles. The van der Waals surface area contributed by atoms with Crippen molar-refractivity contribution in [3.05, 3.63) is 73.3 Å². The quantitative estimate of drug-likeness (QED) is 0.299. The fourth-order valence-electron chi connectivity index (χ4n) is 1.31. The predicted octanol–water partition coefficient (Wildman–Crippen LogP) is -1.38. The van der Waals surface area contributed by atoms with Gasteiger partial charge in [0.25, 0.3) is 6.33 Å². The fraction of sp³-hybridized carbons (Fsp3) is 0. The van der Waals surface area contributed by atoms with Crippen LogP contribution in [0.1, 0.15) is 0 Å². The summed E-state index contributed by atoms with van der Waals surface area (Å²) in [7, 11) is 0. The van der Waals surface area contributed by atoms with Crippen LogP contribution < -0.4 is 22.0 Å². The molecule has 1 heterocycles. The third-order valence-electron chi connectivity index (χ3n) is 2.04. The Bertz CT molecular complexity index is 394. The van der Waals surface area contributed by atoms with Gasteiger partial charge < -0.3 is 17.4 Å². The molecule has 17 heavy (non-hydrogen) atoms. The van der Waals surface area contributed by atoms with Gasteiger partial charge in [-0.2, -0.15) is 18.2 Å². The molecule has 3 rings (SSSR count). The molecule has 90 valence electrons. The maximum atomic E-state index is 2.98. The molecule has 0 saturated heterocycles. The van der Waals surface area contributed by atoms with Crippen molar-refractivity contribution in [2.24, 2.45) is 0 Å². The molecule has 3 aromatic rings. The topological polar surface area (TPSA) is 18.0 Å². The summed E-state index contributed by atoms with van der Waals surface area (Å²) in [6.07, 6.45) is 5.79. The maximum absolute atomic E-state index is 2.98. The molecule has 2 nitrogen and oxygen atoms in total. The number of halogens is 1. The van der Waals surface area contributed by atoms with Crippen LogP contribution in [0.2, 0.25) is 0 Å². The summed E-state index contributed by atoms with van der Waals surface area (Å²) in [4.78, 5) is 2.98. The van der Waals surface area contributed by atoms with Crippen molar-refractivity contribution in [1.82, 2.24) is 0 Å². The molecule has 4 heteroatoms. The number of nitrogens with zero attached hydrogens (tertiary/aromatic N) is 1. The summed E-state index contributed by atoms with van der Waals surface area (Å²) in [6.45, 7) is 0. The average molecular weight is 289 g/mol. The van der Waals surface area contributed by atoms with Gasteiger partial charge in [-0.15, -0.1) is 12.1 Å². The first-order chi connectivity index (χ1) is 7.47. The molecule has 0 aliphatic carbocycles. The van der Waals surface area contributed by atoms with Gasteiger partial charge in [0, 0.05) is 0 Å². The van der Waals surface area contributed by atoms with Crippen LogP contribution in [0.3, 0.4) is 0 Å². The molecular formula is C13H13ClFeN2. The Balaban J connectivity index is 0.000000318. The molecule has 0 unspecified atom stereocenters. The summed E-state index contributed by atoms with van der Waals surface area (Å²) >= 11 is 0. The third kappa shape index (κ3) is 5.05. The molecule has 0 saturated carbocycles. The molecule has 0 amide bonds. The number of hydrogen-bond acceptors (Lipinski definition) is 0. The second-order valence-electron chi connectivity index (χ2n) is 3.12. The number of imidazole rings is 1. The van der Waals surface area contributed by atoms with Crippen molar-refractivity contribution < 1.29 is 39.0 Å². The van der Waals surface area contributed by atoms with Gasteiger partial charge in [-0.05, 0) is 0 Å². The van der Waals surface area contributed by atoms with E-state index < -0.39 is 0 Å². The minimum Gasteiger partial charge on any atom is -1.00 e. The van der Waals surface area contributed by atoms with E-state index in [1.54, 1.807) is 0 Å². The van der Waals surface area contributed by atoms with Gasteiger partial charge >= 0.3 is 17.1 Å². The molecule has 2 aromatic carbocycles. The maximum Gasteiger partial charge on any atom is 2.00 e. The van der Waals surface area contributed by atoms with Crippen LogP contribution >= 0.6 is 0 Å². The van der Waals surface area contributed by atoms with E-state index in [2.05, 4.69) is 17.1 Å². The first kappa shape index (κ1) is 15.7. The molecule has 0 aliphatic rings. The smallest absolute Gasteiger partial charge is 1.00 e. The zero-order chi connectivity index (χ0) is 10.3. The summed E-state index contributed by atoms with van der Waals surface area (Å²) in [5.74, 6) is 0. The Morgan fingerprint density at radius 2 is 1.65 bits per heavy atom. The minimum absolute atomic E-state index is 0. The molecule has 0 radical (unpaired) electrons. The van der Waals surface area contributed by atoms with Gasteiger partial charge in [0.05, 0.1) is 12.4 Å². The number of rotatable bonds is 1. The monoisotopic (exact) mass is 288 g/mol. The first-order valence-electron chi connectivity index (χ1n) is 4.89. The minimum atomic E-state index is 0. The molecule has 1 N–H and O–H groups in total. The van der Waals surface area contributed by atoms with Crippen molar-refractivity contribution in [2.75, 3.05) is 0 Å². The zero-order valence-corrected chi connectivity index (χ0v) is 11.0. The van der Waals surface area contributed by atoms with Crippen LogP contribution in [-0.4, -0.2) is 0 Å². The molecule has 0 aliphatic heterocycles. The number of aromatic nitrogens is 2. The van der Waals surface area contributed by atoms with Gasteiger partial charge in [0.15, 0.2) is 0 Å². The molecule has 0 atom stereocenters. The third-order valence-corrected chi connectivity index (χ3v) is 2.04. The number of H-pyrrole nitrogens is 1. The van der Waals surface area contributed by atoms with E-state index in [9.17, 15) is 0 Å². The van der Waals surface area contributed by atoms with E-state index in [-0.39, 0.29) is 29.5 Å². The van der Waals surface area contributed by atoms with E-state index in [4.69, 9.17) is 0 Å². The Labute approximate surface area is 118 Å². The second kappa shape index (κ2) is 8.82. The summed E-state index contributed by atoms with van der Waals surface area (Å²) in [6, 6.07) is 18.2. The van der Waals surface area contributed by atoms with E-state index in [1.165, 1.54) is 5.69 Å². The standard InChI is InChI=1S/C8H8N2.C5H5.ClH.Fe/c1-2-4-8(3-1)10-6-5-9-7-10;1-2-4-5-3-1;;/h1-7,9H;1-5H;1H;/q;-1;;+2/p-1. The first-order valence-corrected chi connectivity index (χ1v) is 4.89. The van der Waals surface area contributed by atoms with E-state index in [0.717, 1.165) is 0 Å². The van der Waals surface area contributed by atoms with Crippen LogP contribution in [0.15, 0.2) is 73.3 Å². The van der Waals surface area contributed by atoms with E-state index in [0.29, 0.717) is 0 Å². The Morgan fingerprint density at radius 1 is 1.00 bits per heavy atom. The van der Waals surface area contributed by atoms with Crippen molar-refractivity contribution in [3.63, 3.8) is 0 Å². The van der Waals surface area contributed by atoms with Crippen LogP contribution in [0.25, 0.3) is 5.69 Å². The predicted molar refractivity (Wildman–Crippen MR) is 57.8 cm³/mol. The van der Waals surface area contributed by atoms with Crippen molar-refractivity contribution >= 4 is 0 Å². The zero-order valence-electron chi connectivity index (χ0n) is 9.11. The van der Waals surface area contributed by atoms with Crippen molar-refractivity contribution in [1.29, 1.82) is 0 Å². The van der Waals surface area contributed by atoms with Crippen LogP contribution in [0, 0.1) is 0 Å². The Morgan fingerprint density at radius 3 is 2.06 bits per heavy atom.